The van der Waals surface area contributed by atoms with Gasteiger partial charge in [0.2, 0.25) is 5.95 Å². The molecule has 72 valence electrons. The molecule has 1 rings (SSSR count). The van der Waals surface area contributed by atoms with Crippen LogP contribution in [0.3, 0.4) is 0 Å². The van der Waals surface area contributed by atoms with Crippen LogP contribution in [0.25, 0.3) is 0 Å². The predicted molar refractivity (Wildman–Crippen MR) is 51.5 cm³/mol. The fourth-order valence-electron chi connectivity index (χ4n) is 1.06. The van der Waals surface area contributed by atoms with Crippen molar-refractivity contribution in [2.45, 2.75) is 20.0 Å². The van der Waals surface area contributed by atoms with E-state index in [0.717, 1.165) is 18.5 Å². The van der Waals surface area contributed by atoms with Crippen LogP contribution in [0.4, 0.5) is 5.95 Å². The molecule has 0 unspecified atom stereocenters. The molecule has 0 atom stereocenters. The Labute approximate surface area is 78.2 Å². The van der Waals surface area contributed by atoms with Crippen molar-refractivity contribution in [2.75, 3.05) is 18.5 Å². The highest BCUT2D eigenvalue weighted by Crippen LogP contribution is 2.04. The van der Waals surface area contributed by atoms with E-state index in [4.69, 9.17) is 5.11 Å². The van der Waals surface area contributed by atoms with Gasteiger partial charge in [-0.05, 0) is 6.42 Å². The molecule has 4 heteroatoms. The molecule has 13 heavy (non-hydrogen) atoms. The minimum Gasteiger partial charge on any atom is -0.392 e. The largest absolute Gasteiger partial charge is 0.392 e. The minimum atomic E-state index is -0.00221. The van der Waals surface area contributed by atoms with E-state index >= 15 is 0 Å². The normalized spacial score (nSPS) is 10.1. The lowest BCUT2D eigenvalue weighted by Crippen LogP contribution is -2.20. The molecular weight excluding hydrogens is 166 g/mol. The molecule has 1 aromatic heterocycles. The van der Waals surface area contributed by atoms with Crippen LogP contribution in [-0.2, 0) is 6.61 Å². The number of aromatic nitrogens is 2. The van der Waals surface area contributed by atoms with Crippen molar-refractivity contribution >= 4 is 5.95 Å². The highest BCUT2D eigenvalue weighted by Gasteiger charge is 2.01. The quantitative estimate of drug-likeness (QED) is 0.747. The standard InChI is InChI=1S/C9H15N3O/c1-3-4-12(2)9-10-5-8(7-13)6-11-9/h5-6,13H,3-4,7H2,1-2H3. The Kier molecular flexibility index (Phi) is 3.64. The first-order chi connectivity index (χ1) is 6.27. The zero-order valence-corrected chi connectivity index (χ0v) is 8.06. The summed E-state index contributed by atoms with van der Waals surface area (Å²) in [5.41, 5.74) is 0.744. The third-order valence-corrected chi connectivity index (χ3v) is 1.77. The number of hydrogen-bond acceptors (Lipinski definition) is 4. The van der Waals surface area contributed by atoms with Crippen LogP contribution in [0, 0.1) is 0 Å². The van der Waals surface area contributed by atoms with Gasteiger partial charge >= 0.3 is 0 Å². The average Bonchev–Trinajstić information content (AvgIpc) is 2.18. The van der Waals surface area contributed by atoms with Crippen LogP contribution in [0.1, 0.15) is 18.9 Å². The van der Waals surface area contributed by atoms with Gasteiger partial charge in [0, 0.05) is 31.5 Å². The molecule has 0 saturated carbocycles. The molecule has 0 radical (unpaired) electrons. The van der Waals surface area contributed by atoms with Gasteiger partial charge in [-0.3, -0.25) is 0 Å². The number of nitrogens with zero attached hydrogens (tertiary/aromatic N) is 3. The van der Waals surface area contributed by atoms with Gasteiger partial charge in [-0.2, -0.15) is 0 Å². The third-order valence-electron chi connectivity index (χ3n) is 1.77. The molecule has 1 N–H and O–H groups in total. The SMILES string of the molecule is CCCN(C)c1ncc(CO)cn1. The molecule has 0 spiro atoms. The van der Waals surface area contributed by atoms with E-state index in [1.165, 1.54) is 0 Å². The summed E-state index contributed by atoms with van der Waals surface area (Å²) < 4.78 is 0. The maximum atomic E-state index is 8.78. The van der Waals surface area contributed by atoms with Crippen molar-refractivity contribution < 1.29 is 5.11 Å². The molecule has 0 fully saturated rings. The van der Waals surface area contributed by atoms with Crippen LogP contribution >= 0.6 is 0 Å². The third kappa shape index (κ3) is 2.66. The van der Waals surface area contributed by atoms with E-state index in [1.807, 2.05) is 11.9 Å². The Morgan fingerprint density at radius 3 is 2.46 bits per heavy atom. The Hall–Kier alpha value is -1.16. The van der Waals surface area contributed by atoms with Crippen molar-refractivity contribution in [2.24, 2.45) is 0 Å². The topological polar surface area (TPSA) is 49.2 Å². The van der Waals surface area contributed by atoms with Gasteiger partial charge < -0.3 is 10.0 Å². The summed E-state index contributed by atoms with van der Waals surface area (Å²) in [7, 11) is 1.96. The Morgan fingerprint density at radius 1 is 1.38 bits per heavy atom. The first-order valence-corrected chi connectivity index (χ1v) is 4.40. The smallest absolute Gasteiger partial charge is 0.224 e. The second kappa shape index (κ2) is 4.77. The summed E-state index contributed by atoms with van der Waals surface area (Å²) in [4.78, 5) is 10.2. The van der Waals surface area contributed by atoms with E-state index in [1.54, 1.807) is 12.4 Å². The van der Waals surface area contributed by atoms with Gasteiger partial charge in [0.15, 0.2) is 0 Å². The van der Waals surface area contributed by atoms with Crippen LogP contribution in [0.15, 0.2) is 12.4 Å². The van der Waals surface area contributed by atoms with Gasteiger partial charge in [-0.25, -0.2) is 9.97 Å². The maximum Gasteiger partial charge on any atom is 0.224 e. The highest BCUT2D eigenvalue weighted by atomic mass is 16.3. The summed E-state index contributed by atoms with van der Waals surface area (Å²) in [5, 5.41) is 8.78. The fourth-order valence-corrected chi connectivity index (χ4v) is 1.06. The minimum absolute atomic E-state index is 0.00221. The van der Waals surface area contributed by atoms with Crippen molar-refractivity contribution in [1.29, 1.82) is 0 Å². The molecule has 1 aromatic rings. The predicted octanol–water partition coefficient (Wildman–Crippen LogP) is 0.815. The van der Waals surface area contributed by atoms with Crippen molar-refractivity contribution in [1.82, 2.24) is 9.97 Å². The highest BCUT2D eigenvalue weighted by molar-refractivity contribution is 5.27. The van der Waals surface area contributed by atoms with Gasteiger partial charge in [-0.15, -0.1) is 0 Å². The van der Waals surface area contributed by atoms with Gasteiger partial charge in [0.05, 0.1) is 6.61 Å². The average molecular weight is 181 g/mol. The van der Waals surface area contributed by atoms with E-state index in [2.05, 4.69) is 16.9 Å². The second-order valence-electron chi connectivity index (χ2n) is 2.97. The fraction of sp³-hybridized carbons (Fsp3) is 0.556. The zero-order chi connectivity index (χ0) is 9.68. The molecule has 1 heterocycles. The Balaban J connectivity index is 2.67. The molecule has 0 amide bonds. The van der Waals surface area contributed by atoms with Crippen LogP contribution < -0.4 is 4.90 Å². The molecule has 0 aliphatic carbocycles. The van der Waals surface area contributed by atoms with E-state index in [9.17, 15) is 0 Å². The molecule has 0 aliphatic heterocycles. The monoisotopic (exact) mass is 181 g/mol. The lowest BCUT2D eigenvalue weighted by atomic mass is 10.4. The lowest BCUT2D eigenvalue weighted by Gasteiger charge is -2.15. The molecular formula is C9H15N3O. The van der Waals surface area contributed by atoms with Crippen molar-refractivity contribution in [3.8, 4) is 0 Å². The molecule has 4 nitrogen and oxygen atoms in total. The van der Waals surface area contributed by atoms with Crippen LogP contribution in [0.5, 0.6) is 0 Å². The van der Waals surface area contributed by atoms with Crippen molar-refractivity contribution in [3.05, 3.63) is 18.0 Å². The Morgan fingerprint density at radius 2 is 2.00 bits per heavy atom. The van der Waals surface area contributed by atoms with Gasteiger partial charge in [0.1, 0.15) is 0 Å². The summed E-state index contributed by atoms with van der Waals surface area (Å²) in [6.07, 6.45) is 4.37. The number of hydrogen-bond donors (Lipinski definition) is 1. The van der Waals surface area contributed by atoms with Crippen LogP contribution in [-0.4, -0.2) is 28.7 Å². The molecule has 0 bridgehead atoms. The van der Waals surface area contributed by atoms with Crippen LogP contribution in [0.2, 0.25) is 0 Å². The number of anilines is 1. The molecule has 0 aliphatic rings. The first-order valence-electron chi connectivity index (χ1n) is 4.40. The summed E-state index contributed by atoms with van der Waals surface area (Å²) in [6.45, 7) is 3.05. The number of aliphatic hydroxyl groups is 1. The summed E-state index contributed by atoms with van der Waals surface area (Å²) in [5.74, 6) is 0.707. The summed E-state index contributed by atoms with van der Waals surface area (Å²) >= 11 is 0. The van der Waals surface area contributed by atoms with Crippen molar-refractivity contribution in [3.63, 3.8) is 0 Å². The number of aliphatic hydroxyl groups excluding tert-OH is 1. The van der Waals surface area contributed by atoms with Gasteiger partial charge in [0.25, 0.3) is 0 Å². The van der Waals surface area contributed by atoms with E-state index in [-0.39, 0.29) is 6.61 Å². The molecule has 0 saturated heterocycles. The summed E-state index contributed by atoms with van der Waals surface area (Å²) in [6, 6.07) is 0. The van der Waals surface area contributed by atoms with E-state index in [0.29, 0.717) is 5.95 Å². The zero-order valence-electron chi connectivity index (χ0n) is 8.06. The maximum absolute atomic E-state index is 8.78. The first kappa shape index (κ1) is 9.92. The molecule has 0 aromatic carbocycles. The second-order valence-corrected chi connectivity index (χ2v) is 2.97. The number of rotatable bonds is 4. The Bertz CT molecular complexity index is 248. The van der Waals surface area contributed by atoms with Gasteiger partial charge in [-0.1, -0.05) is 6.92 Å². The van der Waals surface area contributed by atoms with E-state index < -0.39 is 0 Å². The lowest BCUT2D eigenvalue weighted by molar-refractivity contribution is 0.281.